The molecule has 0 spiro atoms. The molecule has 1 atom stereocenters. The van der Waals surface area contributed by atoms with Crippen LogP contribution in [0, 0.1) is 0 Å². The Morgan fingerprint density at radius 2 is 2.12 bits per heavy atom. The fraction of sp³-hybridized carbons (Fsp3) is 0.250. The van der Waals surface area contributed by atoms with Crippen LogP contribution in [0.4, 0.5) is 5.69 Å². The maximum Gasteiger partial charge on any atom is 0.261 e. The molecule has 0 amide bonds. The summed E-state index contributed by atoms with van der Waals surface area (Å²) in [5.74, 6) is 0. The van der Waals surface area contributed by atoms with Gasteiger partial charge >= 0.3 is 0 Å². The molecule has 1 unspecified atom stereocenters. The van der Waals surface area contributed by atoms with E-state index in [1.807, 2.05) is 6.07 Å². The van der Waals surface area contributed by atoms with E-state index in [-0.39, 0.29) is 10.8 Å². The first-order valence-corrected chi connectivity index (χ1v) is 7.91. The average Bonchev–Trinajstić information content (AvgIpc) is 2.70. The minimum Gasteiger partial charge on any atom is -0.377 e. The molecule has 0 aliphatic carbocycles. The lowest BCUT2D eigenvalue weighted by Gasteiger charge is -2.26. The molecule has 1 aromatic carbocycles. The lowest BCUT2D eigenvalue weighted by molar-refractivity contribution is 0.678. The van der Waals surface area contributed by atoms with E-state index in [1.54, 1.807) is 0 Å². The molecule has 2 nitrogen and oxygen atoms in total. The van der Waals surface area contributed by atoms with Crippen molar-refractivity contribution in [2.45, 2.75) is 18.9 Å². The molecular weight excluding hydrogens is 274 g/mol. The number of benzene rings is 1. The first kappa shape index (κ1) is 11.3. The van der Waals surface area contributed by atoms with Crippen LogP contribution >= 0.6 is 32.3 Å². The summed E-state index contributed by atoms with van der Waals surface area (Å²) in [6, 6.07) is 8.46. The smallest absolute Gasteiger partial charge is 0.261 e. The molecule has 0 fully saturated rings. The second kappa shape index (κ2) is 4.44. The number of para-hydroxylation sites is 1. The second-order valence-electron chi connectivity index (χ2n) is 4.03. The number of anilines is 1. The van der Waals surface area contributed by atoms with Gasteiger partial charge in [0, 0.05) is 5.69 Å². The monoisotopic (exact) mass is 283 g/mol. The molecule has 0 radical (unpaired) electrons. The summed E-state index contributed by atoms with van der Waals surface area (Å²) < 4.78 is -0.0210. The van der Waals surface area contributed by atoms with Crippen LogP contribution in [0.5, 0.6) is 0 Å². The van der Waals surface area contributed by atoms with Gasteiger partial charge in [0.25, 0.3) is 4.74 Å². The van der Waals surface area contributed by atoms with Crippen LogP contribution in [-0.2, 0) is 6.42 Å². The first-order chi connectivity index (χ1) is 8.25. The molecule has 2 aromatic rings. The molecular formula is C12H10ClNOS2. The quantitative estimate of drug-likeness (QED) is 0.804. The van der Waals surface area contributed by atoms with Gasteiger partial charge in [0.15, 0.2) is 0 Å². The molecule has 2 heterocycles. The minimum atomic E-state index is -0.0210. The van der Waals surface area contributed by atoms with Crippen LogP contribution in [0.15, 0.2) is 29.1 Å². The summed E-state index contributed by atoms with van der Waals surface area (Å²) in [4.78, 5) is 12.4. The van der Waals surface area contributed by atoms with E-state index in [1.165, 1.54) is 26.2 Å². The van der Waals surface area contributed by atoms with Crippen molar-refractivity contribution in [3.05, 3.63) is 49.3 Å². The zero-order chi connectivity index (χ0) is 11.8. The molecule has 1 aromatic heterocycles. The van der Waals surface area contributed by atoms with Gasteiger partial charge in [-0.3, -0.25) is 4.79 Å². The van der Waals surface area contributed by atoms with Gasteiger partial charge in [-0.2, -0.15) is 0 Å². The largest absolute Gasteiger partial charge is 0.377 e. The Hall–Kier alpha value is -0.840. The van der Waals surface area contributed by atoms with Crippen molar-refractivity contribution in [2.24, 2.45) is 0 Å². The normalized spacial score (nSPS) is 18.5. The van der Waals surface area contributed by atoms with Gasteiger partial charge in [0.1, 0.15) is 5.02 Å². The van der Waals surface area contributed by atoms with Gasteiger partial charge in [-0.25, -0.2) is 0 Å². The van der Waals surface area contributed by atoms with E-state index in [2.05, 4.69) is 23.5 Å². The lowest BCUT2D eigenvalue weighted by atomic mass is 9.97. The van der Waals surface area contributed by atoms with Gasteiger partial charge < -0.3 is 5.32 Å². The molecule has 5 heteroatoms. The number of aryl methyl sites for hydroxylation is 1. The predicted molar refractivity (Wildman–Crippen MR) is 74.6 cm³/mol. The van der Waals surface area contributed by atoms with Crippen molar-refractivity contribution in [1.29, 1.82) is 0 Å². The average molecular weight is 284 g/mol. The Bertz CT molecular complexity index is 605. The van der Waals surface area contributed by atoms with Crippen molar-refractivity contribution in [2.75, 3.05) is 5.32 Å². The maximum absolute atomic E-state index is 11.4. The van der Waals surface area contributed by atoms with Crippen molar-refractivity contribution in [3.8, 4) is 0 Å². The summed E-state index contributed by atoms with van der Waals surface area (Å²) in [5.41, 5.74) is 2.49. The van der Waals surface area contributed by atoms with Crippen molar-refractivity contribution >= 4 is 38.0 Å². The molecule has 1 aliphatic rings. The highest BCUT2D eigenvalue weighted by Gasteiger charge is 2.23. The second-order valence-corrected chi connectivity index (χ2v) is 6.55. The highest BCUT2D eigenvalue weighted by Crippen LogP contribution is 2.37. The summed E-state index contributed by atoms with van der Waals surface area (Å²) in [6.45, 7) is 0. The number of hydrogen-bond donors (Lipinski definition) is 1. The Balaban J connectivity index is 1.94. The van der Waals surface area contributed by atoms with E-state index >= 15 is 0 Å². The van der Waals surface area contributed by atoms with Gasteiger partial charge in [-0.05, 0) is 34.8 Å². The Morgan fingerprint density at radius 1 is 1.29 bits per heavy atom. The summed E-state index contributed by atoms with van der Waals surface area (Å²) in [6.07, 6.45) is 2.02. The van der Waals surface area contributed by atoms with E-state index in [0.717, 1.165) is 23.4 Å². The maximum atomic E-state index is 11.4. The fourth-order valence-corrected chi connectivity index (χ4v) is 4.96. The number of hydrogen-bond acceptors (Lipinski definition) is 4. The fourth-order valence-electron chi connectivity index (χ4n) is 2.10. The Morgan fingerprint density at radius 3 is 2.88 bits per heavy atom. The van der Waals surface area contributed by atoms with E-state index in [0.29, 0.717) is 5.02 Å². The zero-order valence-electron chi connectivity index (χ0n) is 8.90. The number of halogens is 1. The SMILES string of the molecule is O=c1ssc(C2CCc3ccccc3N2)c1Cl. The molecule has 3 rings (SSSR count). The minimum absolute atomic E-state index is 0.0210. The van der Waals surface area contributed by atoms with Crippen molar-refractivity contribution in [3.63, 3.8) is 0 Å². The highest BCUT2D eigenvalue weighted by atomic mass is 35.5. The number of rotatable bonds is 1. The third kappa shape index (κ3) is 2.01. The number of nitrogens with one attached hydrogen (secondary N) is 1. The third-order valence-corrected chi connectivity index (χ3v) is 5.92. The van der Waals surface area contributed by atoms with Crippen molar-refractivity contribution < 1.29 is 0 Å². The van der Waals surface area contributed by atoms with Gasteiger partial charge in [-0.1, -0.05) is 40.1 Å². The van der Waals surface area contributed by atoms with E-state index < -0.39 is 0 Å². The predicted octanol–water partition coefficient (Wildman–Crippen LogP) is 3.92. The molecule has 0 saturated heterocycles. The van der Waals surface area contributed by atoms with Crippen LogP contribution in [0.1, 0.15) is 22.9 Å². The Kier molecular flexibility index (Phi) is 2.94. The molecule has 88 valence electrons. The number of fused-ring (bicyclic) bond motifs is 1. The standard InChI is InChI=1S/C12H10ClNOS2/c13-10-11(16-17-12(10)15)9-6-5-7-3-1-2-4-8(7)14-9/h1-4,9,14H,5-6H2. The van der Waals surface area contributed by atoms with E-state index in [4.69, 9.17) is 11.6 Å². The van der Waals surface area contributed by atoms with Gasteiger partial charge in [0.2, 0.25) is 0 Å². The summed E-state index contributed by atoms with van der Waals surface area (Å²) in [5, 5.41) is 3.86. The third-order valence-electron chi connectivity index (χ3n) is 2.97. The lowest BCUT2D eigenvalue weighted by Crippen LogP contribution is -2.17. The first-order valence-electron chi connectivity index (χ1n) is 5.38. The van der Waals surface area contributed by atoms with Crippen molar-refractivity contribution in [1.82, 2.24) is 0 Å². The molecule has 0 saturated carbocycles. The van der Waals surface area contributed by atoms with Gasteiger partial charge in [0.05, 0.1) is 10.9 Å². The molecule has 1 aliphatic heterocycles. The molecule has 0 bridgehead atoms. The summed E-state index contributed by atoms with van der Waals surface area (Å²) in [7, 11) is 2.71. The van der Waals surface area contributed by atoms with Crippen LogP contribution < -0.4 is 10.1 Å². The molecule has 1 N–H and O–H groups in total. The van der Waals surface area contributed by atoms with Crippen LogP contribution in [0.3, 0.4) is 0 Å². The van der Waals surface area contributed by atoms with Gasteiger partial charge in [-0.15, -0.1) is 0 Å². The van der Waals surface area contributed by atoms with Crippen LogP contribution in [-0.4, -0.2) is 0 Å². The highest BCUT2D eigenvalue weighted by molar-refractivity contribution is 7.68. The topological polar surface area (TPSA) is 29.1 Å². The summed E-state index contributed by atoms with van der Waals surface area (Å²) >= 11 is 6.04. The Labute approximate surface area is 111 Å². The van der Waals surface area contributed by atoms with Crippen LogP contribution in [0.2, 0.25) is 5.02 Å². The molecule has 17 heavy (non-hydrogen) atoms. The van der Waals surface area contributed by atoms with E-state index in [9.17, 15) is 4.79 Å². The zero-order valence-corrected chi connectivity index (χ0v) is 11.3. The van der Waals surface area contributed by atoms with Crippen LogP contribution in [0.25, 0.3) is 0 Å².